The maximum atomic E-state index is 13.1. The van der Waals surface area contributed by atoms with Crippen molar-refractivity contribution in [2.75, 3.05) is 20.8 Å². The summed E-state index contributed by atoms with van der Waals surface area (Å²) in [6.45, 7) is 6.50. The summed E-state index contributed by atoms with van der Waals surface area (Å²) in [7, 11) is 3.12. The molecule has 0 amide bonds. The second-order valence-corrected chi connectivity index (χ2v) is 13.9. The Labute approximate surface area is 339 Å². The van der Waals surface area contributed by atoms with Gasteiger partial charge in [0.25, 0.3) is 5.56 Å². The summed E-state index contributed by atoms with van der Waals surface area (Å²) in [6, 6.07) is 27.5. The Balaban J connectivity index is 1.54. The second-order valence-electron chi connectivity index (χ2n) is 13.9. The van der Waals surface area contributed by atoms with Crippen LogP contribution in [0.1, 0.15) is 48.6 Å². The van der Waals surface area contributed by atoms with E-state index in [4.69, 9.17) is 28.4 Å². The molecule has 0 aliphatic carbocycles. The van der Waals surface area contributed by atoms with Crippen LogP contribution in [-0.2, 0) is 45.5 Å². The second kappa shape index (κ2) is 17.7. The van der Waals surface area contributed by atoms with Gasteiger partial charge >= 0.3 is 23.6 Å². The van der Waals surface area contributed by atoms with E-state index < -0.39 is 59.7 Å². The van der Waals surface area contributed by atoms with Crippen LogP contribution in [0.25, 0.3) is 22.6 Å². The van der Waals surface area contributed by atoms with E-state index in [0.29, 0.717) is 39.2 Å². The van der Waals surface area contributed by atoms with Crippen LogP contribution >= 0.6 is 0 Å². The van der Waals surface area contributed by atoms with Crippen molar-refractivity contribution in [3.8, 4) is 23.0 Å². The number of hydrogen-bond donors (Lipinski definition) is 1. The van der Waals surface area contributed by atoms with Crippen molar-refractivity contribution in [2.45, 2.75) is 65.1 Å². The van der Waals surface area contributed by atoms with Gasteiger partial charge in [-0.2, -0.15) is 4.98 Å². The average Bonchev–Trinajstić information content (AvgIpc) is 3.21. The number of methoxy groups -OCH3 is 2. The maximum Gasteiger partial charge on any atom is 0.349 e. The molecule has 0 aromatic heterocycles. The molecule has 0 bridgehead atoms. The number of hydrogen-bond acceptors (Lipinski definition) is 13. The molecule has 59 heavy (non-hydrogen) atoms. The van der Waals surface area contributed by atoms with Gasteiger partial charge in [-0.05, 0) is 78.1 Å². The maximum absolute atomic E-state index is 13.1. The Hall–Kier alpha value is -6.87. The van der Waals surface area contributed by atoms with Crippen molar-refractivity contribution >= 4 is 28.9 Å². The first-order chi connectivity index (χ1) is 28.2. The fourth-order valence-electron chi connectivity index (χ4n) is 7.11. The van der Waals surface area contributed by atoms with Crippen molar-refractivity contribution in [1.82, 2.24) is 19.5 Å². The number of carbonyl (C=O) groups is 3. The largest absolute Gasteiger partial charge is 0.497 e. The first-order valence-corrected chi connectivity index (χ1v) is 18.7. The summed E-state index contributed by atoms with van der Waals surface area (Å²) < 4.78 is 37.2. The number of H-pyrrole nitrogens is 1. The van der Waals surface area contributed by atoms with Crippen molar-refractivity contribution in [1.29, 1.82) is 0 Å². The zero-order valence-electron chi connectivity index (χ0n) is 33.6. The molecule has 0 radical (unpaired) electrons. The van der Waals surface area contributed by atoms with E-state index in [-0.39, 0.29) is 18.1 Å². The zero-order valence-corrected chi connectivity index (χ0v) is 33.6. The van der Waals surface area contributed by atoms with E-state index >= 15 is 0 Å². The lowest BCUT2D eigenvalue weighted by Gasteiger charge is -2.39. The number of nitrogens with one attached hydrogen (secondary N) is 1. The summed E-state index contributed by atoms with van der Waals surface area (Å²) >= 11 is 0. The van der Waals surface area contributed by atoms with Gasteiger partial charge in [0.15, 0.2) is 29.8 Å². The molecule has 0 spiro atoms. The molecular formula is C44H44N4O11. The number of nitrogens with zero attached hydrogens (tertiary/aromatic N) is 3. The normalized spacial score (nSPS) is 13.0. The van der Waals surface area contributed by atoms with Gasteiger partial charge in [-0.25, -0.2) is 9.78 Å². The summed E-state index contributed by atoms with van der Waals surface area (Å²) in [4.78, 5) is 75.4. The van der Waals surface area contributed by atoms with Crippen molar-refractivity contribution in [3.05, 3.63) is 140 Å². The third kappa shape index (κ3) is 9.00. The van der Waals surface area contributed by atoms with Crippen molar-refractivity contribution < 1.29 is 42.8 Å². The van der Waals surface area contributed by atoms with Crippen LogP contribution in [0.2, 0.25) is 0 Å². The molecule has 3 atom stereocenters. The Morgan fingerprint density at radius 1 is 0.695 bits per heavy atom. The molecular weight excluding hydrogens is 761 g/mol. The van der Waals surface area contributed by atoms with E-state index in [1.54, 1.807) is 50.6 Å². The SMILES string of the molecule is COc1ccc(C(OC[C@H](OC(C)=O)[C@H](OC(C)=O)[C@@H](Cn2c3nc(=O)[nH]c(=O)c-3nc3cc(C)c(C)cc32)OC(C)=O)(c2ccccc2)c2ccc(OC)cc2)cc1. The Morgan fingerprint density at radius 2 is 1.22 bits per heavy atom. The first kappa shape index (κ1) is 41.8. The Kier molecular flexibility index (Phi) is 12.5. The van der Waals surface area contributed by atoms with Crippen molar-refractivity contribution in [2.24, 2.45) is 0 Å². The molecule has 4 aromatic rings. The highest BCUT2D eigenvalue weighted by molar-refractivity contribution is 5.81. The smallest absolute Gasteiger partial charge is 0.349 e. The number of aromatic amines is 1. The lowest BCUT2D eigenvalue weighted by atomic mass is 9.80. The highest BCUT2D eigenvalue weighted by atomic mass is 16.6. The Morgan fingerprint density at radius 3 is 1.76 bits per heavy atom. The Bertz CT molecular complexity index is 2500. The molecule has 0 fully saturated rings. The highest BCUT2D eigenvalue weighted by Crippen LogP contribution is 2.42. The standard InChI is InChI=1S/C44H44N4O11/c1-25-21-35-36(22-26(25)2)48(41-39(45-35)42(52)47-43(53)46-41)23-37(57-27(3)49)40(59-29(5)51)38(58-28(4)50)24-56-44(30-11-9-8-10-12-30,31-13-17-33(54-6)18-14-31)32-15-19-34(55-7)20-16-32/h8-22,37-38,40H,23-24H2,1-7H3,(H,47,52,53)/t37-,38+,40-/m1/s1. The van der Waals surface area contributed by atoms with Gasteiger partial charge in [0, 0.05) is 20.8 Å². The van der Waals surface area contributed by atoms with E-state index in [0.717, 1.165) is 18.1 Å². The van der Waals surface area contributed by atoms with Gasteiger partial charge in [-0.1, -0.05) is 54.6 Å². The van der Waals surface area contributed by atoms with Gasteiger partial charge in [-0.3, -0.25) is 24.2 Å². The third-order valence-corrected chi connectivity index (χ3v) is 9.89. The minimum atomic E-state index is -1.52. The van der Waals surface area contributed by atoms with Gasteiger partial charge in [0.2, 0.25) is 0 Å². The molecule has 0 unspecified atom stereocenters. The molecule has 15 heteroatoms. The topological polar surface area (TPSA) is 187 Å². The van der Waals surface area contributed by atoms with Gasteiger partial charge in [0.1, 0.15) is 17.1 Å². The fraction of sp³-hybridized carbons (Fsp3) is 0.295. The third-order valence-electron chi connectivity index (χ3n) is 9.89. The number of aryl methyl sites for hydroxylation is 2. The molecule has 6 rings (SSSR count). The van der Waals surface area contributed by atoms with Crippen LogP contribution in [0.15, 0.2) is 101 Å². The van der Waals surface area contributed by atoms with E-state index in [2.05, 4.69) is 15.0 Å². The van der Waals surface area contributed by atoms with Gasteiger partial charge in [0.05, 0.1) is 38.4 Å². The number of carbonyl (C=O) groups excluding carboxylic acids is 3. The molecule has 1 N–H and O–H groups in total. The fourth-order valence-corrected chi connectivity index (χ4v) is 7.11. The number of rotatable bonds is 15. The molecule has 2 aliphatic heterocycles. The number of esters is 3. The lowest BCUT2D eigenvalue weighted by molar-refractivity contribution is -0.192. The quantitative estimate of drug-likeness (QED) is 0.0632. The molecule has 2 heterocycles. The molecule has 2 aliphatic rings. The number of benzene rings is 4. The summed E-state index contributed by atoms with van der Waals surface area (Å²) in [5.74, 6) is -1.23. The van der Waals surface area contributed by atoms with Crippen LogP contribution in [0.4, 0.5) is 0 Å². The molecule has 0 saturated heterocycles. The zero-order chi connectivity index (χ0) is 42.4. The van der Waals surface area contributed by atoms with E-state index in [9.17, 15) is 24.0 Å². The predicted molar refractivity (Wildman–Crippen MR) is 215 cm³/mol. The van der Waals surface area contributed by atoms with E-state index in [1.165, 1.54) is 18.4 Å². The van der Waals surface area contributed by atoms with Crippen LogP contribution < -0.4 is 20.7 Å². The van der Waals surface area contributed by atoms with Crippen LogP contribution in [0.3, 0.4) is 0 Å². The summed E-state index contributed by atoms with van der Waals surface area (Å²) in [5.41, 5.74) is 1.29. The minimum absolute atomic E-state index is 0.115. The molecule has 4 aromatic carbocycles. The lowest BCUT2D eigenvalue weighted by Crippen LogP contribution is -2.50. The van der Waals surface area contributed by atoms with E-state index in [1.807, 2.05) is 68.4 Å². The molecule has 15 nitrogen and oxygen atoms in total. The van der Waals surface area contributed by atoms with Gasteiger partial charge in [-0.15, -0.1) is 0 Å². The number of fused-ring (bicyclic) bond motifs is 2. The van der Waals surface area contributed by atoms with Crippen molar-refractivity contribution in [3.63, 3.8) is 0 Å². The highest BCUT2D eigenvalue weighted by Gasteiger charge is 2.43. The van der Waals surface area contributed by atoms with Crippen LogP contribution in [-0.4, -0.2) is 76.6 Å². The predicted octanol–water partition coefficient (Wildman–Crippen LogP) is 5.02. The summed E-state index contributed by atoms with van der Waals surface area (Å²) in [6.07, 6.45) is -4.36. The molecule has 0 saturated carbocycles. The summed E-state index contributed by atoms with van der Waals surface area (Å²) in [5, 5.41) is 0. The first-order valence-electron chi connectivity index (χ1n) is 18.7. The van der Waals surface area contributed by atoms with Crippen LogP contribution in [0, 0.1) is 13.8 Å². The monoisotopic (exact) mass is 804 g/mol. The minimum Gasteiger partial charge on any atom is -0.497 e. The molecule has 306 valence electrons. The number of ether oxygens (including phenoxy) is 6. The van der Waals surface area contributed by atoms with Crippen LogP contribution in [0.5, 0.6) is 11.5 Å². The average molecular weight is 805 g/mol. The van der Waals surface area contributed by atoms with Gasteiger partial charge < -0.3 is 33.0 Å². The number of aromatic nitrogens is 4.